The minimum Gasteiger partial charge on any atom is -0.482 e. The predicted octanol–water partition coefficient (Wildman–Crippen LogP) is 3.47. The van der Waals surface area contributed by atoms with Crippen molar-refractivity contribution in [2.24, 2.45) is 5.92 Å². The first-order valence-corrected chi connectivity index (χ1v) is 10.2. The van der Waals surface area contributed by atoms with Crippen molar-refractivity contribution in [2.75, 3.05) is 13.1 Å². The minimum absolute atomic E-state index is 0.0333. The number of imidazole rings is 1. The number of benzene rings is 1. The Hall–Kier alpha value is -2.50. The quantitative estimate of drug-likeness (QED) is 0.811. The number of fused-ring (bicyclic) bond motifs is 1. The van der Waals surface area contributed by atoms with Gasteiger partial charge in [0.05, 0.1) is 0 Å². The van der Waals surface area contributed by atoms with Crippen LogP contribution in [0.15, 0.2) is 36.7 Å². The van der Waals surface area contributed by atoms with Crippen molar-refractivity contribution in [3.8, 4) is 11.5 Å². The van der Waals surface area contributed by atoms with E-state index in [4.69, 9.17) is 9.47 Å². The van der Waals surface area contributed by atoms with E-state index in [1.54, 1.807) is 0 Å². The number of piperidine rings is 1. The van der Waals surface area contributed by atoms with Crippen molar-refractivity contribution in [3.63, 3.8) is 0 Å². The average molecular weight is 383 g/mol. The van der Waals surface area contributed by atoms with Gasteiger partial charge in [-0.15, -0.1) is 0 Å². The molecule has 0 radical (unpaired) electrons. The molecule has 1 aromatic heterocycles. The molecule has 2 aliphatic heterocycles. The Bertz CT molecular complexity index is 824. The Morgan fingerprint density at radius 3 is 2.54 bits per heavy atom. The first kappa shape index (κ1) is 18.8. The van der Waals surface area contributed by atoms with Gasteiger partial charge in [-0.1, -0.05) is 26.0 Å². The van der Waals surface area contributed by atoms with Crippen molar-refractivity contribution in [2.45, 2.75) is 58.3 Å². The molecule has 2 unspecified atom stereocenters. The molecule has 0 aliphatic carbocycles. The second-order valence-corrected chi connectivity index (χ2v) is 8.17. The lowest BCUT2D eigenvalue weighted by atomic mass is 9.95. The molecule has 4 rings (SSSR count). The van der Waals surface area contributed by atoms with E-state index in [0.717, 1.165) is 38.3 Å². The molecule has 1 aromatic carbocycles. The molecule has 150 valence electrons. The van der Waals surface area contributed by atoms with Gasteiger partial charge in [0.25, 0.3) is 5.91 Å². The van der Waals surface area contributed by atoms with E-state index in [-0.39, 0.29) is 12.0 Å². The van der Waals surface area contributed by atoms with Crippen LogP contribution >= 0.6 is 0 Å². The lowest BCUT2D eigenvalue weighted by Gasteiger charge is -2.37. The van der Waals surface area contributed by atoms with Crippen molar-refractivity contribution in [1.82, 2.24) is 14.5 Å². The summed E-state index contributed by atoms with van der Waals surface area (Å²) in [7, 11) is 0. The first-order chi connectivity index (χ1) is 13.5. The van der Waals surface area contributed by atoms with Crippen LogP contribution < -0.4 is 9.47 Å². The number of rotatable bonds is 4. The van der Waals surface area contributed by atoms with Gasteiger partial charge in [0.15, 0.2) is 11.5 Å². The number of hydrogen-bond acceptors (Lipinski definition) is 4. The third kappa shape index (κ3) is 3.73. The van der Waals surface area contributed by atoms with Crippen LogP contribution in [0.4, 0.5) is 0 Å². The van der Waals surface area contributed by atoms with Gasteiger partial charge in [-0.3, -0.25) is 4.79 Å². The lowest BCUT2D eigenvalue weighted by molar-refractivity contribution is -0.145. The summed E-state index contributed by atoms with van der Waals surface area (Å²) >= 11 is 0. The molecule has 1 saturated heterocycles. The fourth-order valence-corrected chi connectivity index (χ4v) is 4.16. The maximum Gasteiger partial charge on any atom is 0.267 e. The predicted molar refractivity (Wildman–Crippen MR) is 107 cm³/mol. The van der Waals surface area contributed by atoms with Gasteiger partial charge in [0.2, 0.25) is 6.10 Å². The second kappa shape index (κ2) is 7.86. The summed E-state index contributed by atoms with van der Waals surface area (Å²) in [6.45, 7) is 8.75. The van der Waals surface area contributed by atoms with Gasteiger partial charge in [-0.25, -0.2) is 4.98 Å². The summed E-state index contributed by atoms with van der Waals surface area (Å²) in [6, 6.07) is 7.53. The molecule has 28 heavy (non-hydrogen) atoms. The highest BCUT2D eigenvalue weighted by Gasteiger charge is 2.37. The molecule has 2 aliphatic rings. The SMILES string of the molecule is CC(C)c1nccn1CC1CCN(C(=O)C2Oc3ccccc3OC2C)CC1. The molecule has 6 nitrogen and oxygen atoms in total. The summed E-state index contributed by atoms with van der Waals surface area (Å²) < 4.78 is 14.2. The van der Waals surface area contributed by atoms with Crippen molar-refractivity contribution in [3.05, 3.63) is 42.5 Å². The normalized spacial score (nSPS) is 22.5. The van der Waals surface area contributed by atoms with Gasteiger partial charge in [0, 0.05) is 37.9 Å². The van der Waals surface area contributed by atoms with Crippen LogP contribution in [0.5, 0.6) is 11.5 Å². The zero-order valence-electron chi connectivity index (χ0n) is 16.9. The number of ether oxygens (including phenoxy) is 2. The van der Waals surface area contributed by atoms with Crippen molar-refractivity contribution >= 4 is 5.91 Å². The topological polar surface area (TPSA) is 56.6 Å². The zero-order chi connectivity index (χ0) is 19.7. The smallest absolute Gasteiger partial charge is 0.267 e. The summed E-state index contributed by atoms with van der Waals surface area (Å²) in [5.41, 5.74) is 0. The van der Waals surface area contributed by atoms with Crippen LogP contribution in [0, 0.1) is 5.92 Å². The number of carbonyl (C=O) groups excluding carboxylic acids is 1. The second-order valence-electron chi connectivity index (χ2n) is 8.17. The number of likely N-dealkylation sites (tertiary alicyclic amines) is 1. The molecule has 3 heterocycles. The zero-order valence-corrected chi connectivity index (χ0v) is 16.9. The molecule has 2 aromatic rings. The number of amides is 1. The van der Waals surface area contributed by atoms with Crippen molar-refractivity contribution in [1.29, 1.82) is 0 Å². The summed E-state index contributed by atoms with van der Waals surface area (Å²) in [5.74, 6) is 3.51. The molecule has 1 fully saturated rings. The maximum atomic E-state index is 13.0. The number of carbonyl (C=O) groups is 1. The third-order valence-corrected chi connectivity index (χ3v) is 5.73. The van der Waals surface area contributed by atoms with Crippen LogP contribution in [0.3, 0.4) is 0 Å². The molecule has 6 heteroatoms. The largest absolute Gasteiger partial charge is 0.482 e. The van der Waals surface area contributed by atoms with Gasteiger partial charge in [-0.2, -0.15) is 0 Å². The standard InChI is InChI=1S/C22H29N3O3/c1-15(2)21-23-10-13-25(21)14-17-8-11-24(12-9-17)22(26)20-16(3)27-18-6-4-5-7-19(18)28-20/h4-7,10,13,15-17,20H,8-9,11-12,14H2,1-3H3. The highest BCUT2D eigenvalue weighted by molar-refractivity contribution is 5.82. The van der Waals surface area contributed by atoms with E-state index in [0.29, 0.717) is 23.3 Å². The molecule has 2 atom stereocenters. The Balaban J connectivity index is 1.35. The van der Waals surface area contributed by atoms with E-state index in [2.05, 4.69) is 29.6 Å². The molecule has 0 saturated carbocycles. The molecule has 0 spiro atoms. The van der Waals surface area contributed by atoms with Crippen LogP contribution in [0.1, 0.15) is 45.4 Å². The number of hydrogen-bond donors (Lipinski definition) is 0. The first-order valence-electron chi connectivity index (χ1n) is 10.2. The van der Waals surface area contributed by atoms with E-state index in [1.807, 2.05) is 42.3 Å². The fraction of sp³-hybridized carbons (Fsp3) is 0.545. The molecule has 0 N–H and O–H groups in total. The Labute approximate surface area is 166 Å². The average Bonchev–Trinajstić information content (AvgIpc) is 3.16. The van der Waals surface area contributed by atoms with Gasteiger partial charge in [0.1, 0.15) is 11.9 Å². The Morgan fingerprint density at radius 2 is 1.86 bits per heavy atom. The van der Waals surface area contributed by atoms with E-state index in [1.165, 1.54) is 0 Å². The maximum absolute atomic E-state index is 13.0. The third-order valence-electron chi connectivity index (χ3n) is 5.73. The van der Waals surface area contributed by atoms with Crippen LogP contribution in [-0.2, 0) is 11.3 Å². The monoisotopic (exact) mass is 383 g/mol. The van der Waals surface area contributed by atoms with Gasteiger partial charge in [-0.05, 0) is 37.8 Å². The summed E-state index contributed by atoms with van der Waals surface area (Å²) in [4.78, 5) is 19.5. The van der Waals surface area contributed by atoms with E-state index in [9.17, 15) is 4.79 Å². The Kier molecular flexibility index (Phi) is 5.29. The summed E-state index contributed by atoms with van der Waals surface area (Å²) in [6.07, 6.45) is 5.08. The number of nitrogens with zero attached hydrogens (tertiary/aromatic N) is 3. The number of aromatic nitrogens is 2. The minimum atomic E-state index is -0.576. The highest BCUT2D eigenvalue weighted by atomic mass is 16.6. The summed E-state index contributed by atoms with van der Waals surface area (Å²) in [5, 5.41) is 0. The van der Waals surface area contributed by atoms with Gasteiger partial charge >= 0.3 is 0 Å². The Morgan fingerprint density at radius 1 is 1.18 bits per heavy atom. The highest BCUT2D eigenvalue weighted by Crippen LogP contribution is 2.34. The van der Waals surface area contributed by atoms with E-state index < -0.39 is 6.10 Å². The molecule has 1 amide bonds. The molecular formula is C22H29N3O3. The van der Waals surface area contributed by atoms with Crippen LogP contribution in [0.25, 0.3) is 0 Å². The van der Waals surface area contributed by atoms with Gasteiger partial charge < -0.3 is 18.9 Å². The number of para-hydroxylation sites is 2. The molecular weight excluding hydrogens is 354 g/mol. The van der Waals surface area contributed by atoms with E-state index >= 15 is 0 Å². The lowest BCUT2D eigenvalue weighted by Crippen LogP contribution is -2.52. The molecule has 0 bridgehead atoms. The fourth-order valence-electron chi connectivity index (χ4n) is 4.16. The van der Waals surface area contributed by atoms with Crippen LogP contribution in [0.2, 0.25) is 0 Å². The van der Waals surface area contributed by atoms with Crippen molar-refractivity contribution < 1.29 is 14.3 Å². The van der Waals surface area contributed by atoms with Crippen LogP contribution in [-0.4, -0.2) is 45.7 Å².